The van der Waals surface area contributed by atoms with Crippen molar-refractivity contribution < 1.29 is 14.4 Å². The molecule has 1 fully saturated rings. The molecular weight excluding hydrogens is 480 g/mol. The number of nitrogens with one attached hydrogen (secondary N) is 3. The molecular formula is C29H50N6O3. The van der Waals surface area contributed by atoms with Crippen LogP contribution in [0.2, 0.25) is 0 Å². The molecule has 0 aromatic carbocycles. The molecule has 3 N–H and O–H groups in total. The number of hydrogen-bond acceptors (Lipinski definition) is 8. The maximum Gasteiger partial charge on any atom is 0.270 e. The van der Waals surface area contributed by atoms with Gasteiger partial charge in [-0.15, -0.1) is 0 Å². The Labute approximate surface area is 229 Å². The van der Waals surface area contributed by atoms with E-state index >= 15 is 0 Å². The predicted molar refractivity (Wildman–Crippen MR) is 152 cm³/mol. The van der Waals surface area contributed by atoms with Crippen LogP contribution in [-0.4, -0.2) is 92.8 Å². The van der Waals surface area contributed by atoms with Crippen molar-refractivity contribution in [2.45, 2.75) is 84.0 Å². The lowest BCUT2D eigenvalue weighted by atomic mass is 9.82. The van der Waals surface area contributed by atoms with Crippen LogP contribution >= 0.6 is 0 Å². The molecule has 0 radical (unpaired) electrons. The third-order valence-electron chi connectivity index (χ3n) is 8.52. The summed E-state index contributed by atoms with van der Waals surface area (Å²) in [5, 5.41) is 7.10. The smallest absolute Gasteiger partial charge is 0.270 e. The zero-order chi connectivity index (χ0) is 26.9. The number of carbonyl (C=O) groups excluding carboxylic acids is 1. The van der Waals surface area contributed by atoms with Gasteiger partial charge >= 0.3 is 0 Å². The first-order chi connectivity index (χ1) is 18.4. The van der Waals surface area contributed by atoms with E-state index in [0.29, 0.717) is 17.9 Å². The normalized spacial score (nSPS) is 29.2. The maximum absolute atomic E-state index is 12.5. The number of allylic oxidation sites excluding steroid dienone is 1. The van der Waals surface area contributed by atoms with E-state index in [1.807, 2.05) is 19.9 Å². The quantitative estimate of drug-likeness (QED) is 0.374. The molecule has 0 spiro atoms. The largest absolute Gasteiger partial charge is 0.377 e. The van der Waals surface area contributed by atoms with Crippen molar-refractivity contribution >= 4 is 11.9 Å². The summed E-state index contributed by atoms with van der Waals surface area (Å²) >= 11 is 0. The highest BCUT2D eigenvalue weighted by Crippen LogP contribution is 2.31. The highest BCUT2D eigenvalue weighted by Gasteiger charge is 2.28. The van der Waals surface area contributed by atoms with Gasteiger partial charge in [-0.25, -0.2) is 5.48 Å². The summed E-state index contributed by atoms with van der Waals surface area (Å²) in [7, 11) is 1.72. The molecule has 1 amide bonds. The van der Waals surface area contributed by atoms with E-state index < -0.39 is 0 Å². The van der Waals surface area contributed by atoms with Crippen LogP contribution in [0.3, 0.4) is 0 Å². The molecule has 4 rings (SSSR count). The van der Waals surface area contributed by atoms with Crippen molar-refractivity contribution in [2.75, 3.05) is 52.9 Å². The monoisotopic (exact) mass is 530 g/mol. The minimum atomic E-state index is -0.146. The molecule has 2 aliphatic heterocycles. The molecule has 0 saturated carbocycles. The van der Waals surface area contributed by atoms with Gasteiger partial charge in [0, 0.05) is 63.7 Å². The van der Waals surface area contributed by atoms with Gasteiger partial charge < -0.3 is 20.3 Å². The molecule has 38 heavy (non-hydrogen) atoms. The molecule has 4 atom stereocenters. The number of guanidine groups is 1. The van der Waals surface area contributed by atoms with Gasteiger partial charge in [0.2, 0.25) is 0 Å². The van der Waals surface area contributed by atoms with E-state index in [2.05, 4.69) is 38.9 Å². The Balaban J connectivity index is 1.17. The standard InChI is InChI=1S/C29H50N6O3/c1-5-34-12-14-35(15-13-34)26-10-8-25(9-11-26)32-29-30-19-23(20-31-29)7-6-22-16-24(18-27(17-22)37-4)28(36)33-38-21(2)3/h8,18,21-23,26-27H,5-7,9-17,19-20H2,1-4H3,(H,33,36)(H2,30,31,32)/t22-,26+,27-/m0/s1. The van der Waals surface area contributed by atoms with E-state index in [0.717, 1.165) is 63.1 Å². The van der Waals surface area contributed by atoms with Gasteiger partial charge in [-0.2, -0.15) is 0 Å². The van der Waals surface area contributed by atoms with Crippen LogP contribution in [0.4, 0.5) is 0 Å². The maximum atomic E-state index is 12.5. The zero-order valence-corrected chi connectivity index (χ0v) is 24.0. The summed E-state index contributed by atoms with van der Waals surface area (Å²) in [6, 6.07) is 0.687. The Hall–Kier alpha value is -1.94. The van der Waals surface area contributed by atoms with E-state index in [-0.39, 0.29) is 18.1 Å². The molecule has 0 unspecified atom stereocenters. The van der Waals surface area contributed by atoms with Crippen molar-refractivity contribution in [2.24, 2.45) is 16.8 Å². The molecule has 2 aliphatic carbocycles. The van der Waals surface area contributed by atoms with Crippen molar-refractivity contribution in [3.63, 3.8) is 0 Å². The molecule has 9 heteroatoms. The minimum absolute atomic E-state index is 0.0174. The van der Waals surface area contributed by atoms with E-state index in [1.165, 1.54) is 44.8 Å². The number of methoxy groups -OCH3 is 1. The predicted octanol–water partition coefficient (Wildman–Crippen LogP) is 2.81. The van der Waals surface area contributed by atoms with Crippen LogP contribution in [0.5, 0.6) is 0 Å². The summed E-state index contributed by atoms with van der Waals surface area (Å²) in [4.78, 5) is 27.9. The number of nitrogens with zero attached hydrogens (tertiary/aromatic N) is 3. The number of rotatable bonds is 10. The highest BCUT2D eigenvalue weighted by molar-refractivity contribution is 5.92. The summed E-state index contributed by atoms with van der Waals surface area (Å²) < 4.78 is 5.61. The second-order valence-corrected chi connectivity index (χ2v) is 11.6. The number of aliphatic imine (C=N–C) groups is 1. The number of likely N-dealkylation sites (N-methyl/N-ethyl adjacent to an activating group) is 1. The number of amides is 1. The number of piperazine rings is 1. The lowest BCUT2D eigenvalue weighted by Gasteiger charge is -2.40. The molecule has 9 nitrogen and oxygen atoms in total. The Kier molecular flexibility index (Phi) is 11.0. The van der Waals surface area contributed by atoms with Gasteiger partial charge in [-0.05, 0) is 83.2 Å². The van der Waals surface area contributed by atoms with Crippen LogP contribution in [0.15, 0.2) is 28.4 Å². The number of hydroxylamine groups is 1. The van der Waals surface area contributed by atoms with Gasteiger partial charge in [0.05, 0.1) is 12.2 Å². The molecule has 0 aromatic rings. The fourth-order valence-corrected chi connectivity index (χ4v) is 6.07. The third kappa shape index (κ3) is 8.53. The molecule has 214 valence electrons. The number of hydrogen-bond donors (Lipinski definition) is 3. The van der Waals surface area contributed by atoms with Gasteiger partial charge in [-0.1, -0.05) is 13.0 Å². The van der Waals surface area contributed by atoms with Crippen molar-refractivity contribution in [1.29, 1.82) is 0 Å². The van der Waals surface area contributed by atoms with Crippen LogP contribution in [0.1, 0.15) is 65.7 Å². The lowest BCUT2D eigenvalue weighted by Crippen LogP contribution is -2.50. The highest BCUT2D eigenvalue weighted by atomic mass is 16.7. The summed E-state index contributed by atoms with van der Waals surface area (Å²) in [6.45, 7) is 13.8. The van der Waals surface area contributed by atoms with Crippen LogP contribution < -0.4 is 16.1 Å². The number of ether oxygens (including phenoxy) is 1. The Bertz CT molecular complexity index is 864. The van der Waals surface area contributed by atoms with Crippen LogP contribution in [0.25, 0.3) is 0 Å². The molecule has 2 heterocycles. The Morgan fingerprint density at radius 3 is 2.63 bits per heavy atom. The first kappa shape index (κ1) is 29.1. The molecule has 0 aromatic heterocycles. The Morgan fingerprint density at radius 2 is 2.00 bits per heavy atom. The average molecular weight is 531 g/mol. The minimum Gasteiger partial charge on any atom is -0.377 e. The zero-order valence-electron chi connectivity index (χ0n) is 24.0. The van der Waals surface area contributed by atoms with Crippen molar-refractivity contribution in [1.82, 2.24) is 25.9 Å². The molecule has 0 bridgehead atoms. The van der Waals surface area contributed by atoms with Gasteiger partial charge in [0.15, 0.2) is 5.96 Å². The first-order valence-electron chi connectivity index (χ1n) is 14.8. The van der Waals surface area contributed by atoms with Crippen LogP contribution in [0, 0.1) is 11.8 Å². The summed E-state index contributed by atoms with van der Waals surface area (Å²) in [5.41, 5.74) is 4.66. The topological polar surface area (TPSA) is 90.5 Å². The van der Waals surface area contributed by atoms with Crippen molar-refractivity contribution in [3.05, 3.63) is 23.4 Å². The number of carbonyl (C=O) groups is 1. The van der Waals surface area contributed by atoms with E-state index in [4.69, 9.17) is 14.6 Å². The van der Waals surface area contributed by atoms with Gasteiger partial charge in [-0.3, -0.25) is 19.5 Å². The SMILES string of the molecule is CCN1CCN([C@@H]2CC=C(NC3=NC[C@H](CC[C@H]4CC(C(=O)NOC(C)C)=C[C@@H](OC)C4)CN3)CC2)CC1. The van der Waals surface area contributed by atoms with E-state index in [9.17, 15) is 4.79 Å². The van der Waals surface area contributed by atoms with E-state index in [1.54, 1.807) is 7.11 Å². The Morgan fingerprint density at radius 1 is 1.21 bits per heavy atom. The second kappa shape index (κ2) is 14.4. The molecule has 4 aliphatic rings. The van der Waals surface area contributed by atoms with Gasteiger partial charge in [0.25, 0.3) is 5.91 Å². The third-order valence-corrected chi connectivity index (χ3v) is 8.52. The fraction of sp³-hybridized carbons (Fsp3) is 0.793. The average Bonchev–Trinajstić information content (AvgIpc) is 2.95. The second-order valence-electron chi connectivity index (χ2n) is 11.6. The lowest BCUT2D eigenvalue weighted by molar-refractivity contribution is -0.133. The van der Waals surface area contributed by atoms with Crippen molar-refractivity contribution in [3.8, 4) is 0 Å². The molecule has 1 saturated heterocycles. The first-order valence-corrected chi connectivity index (χ1v) is 14.8. The van der Waals surface area contributed by atoms with Crippen LogP contribution in [-0.2, 0) is 14.4 Å². The summed E-state index contributed by atoms with van der Waals surface area (Å²) in [5.74, 6) is 1.72. The van der Waals surface area contributed by atoms with Gasteiger partial charge in [0.1, 0.15) is 0 Å². The fourth-order valence-electron chi connectivity index (χ4n) is 6.07. The summed E-state index contributed by atoms with van der Waals surface area (Å²) in [6.07, 6.45) is 11.6.